The molecule has 5 N–H and O–H groups in total. The number of rotatable bonds is 5. The molecule has 33 heavy (non-hydrogen) atoms. The van der Waals surface area contributed by atoms with Crippen LogP contribution in [0.1, 0.15) is 27.9 Å². The Morgan fingerprint density at radius 1 is 0.788 bits per heavy atom. The Labute approximate surface area is 184 Å². The van der Waals surface area contributed by atoms with E-state index < -0.39 is 11.9 Å². The summed E-state index contributed by atoms with van der Waals surface area (Å²) in [5, 5.41) is 35.7. The van der Waals surface area contributed by atoms with Crippen LogP contribution in [0.15, 0.2) is 49.1 Å². The molecule has 1 amide bonds. The van der Waals surface area contributed by atoms with Crippen LogP contribution >= 0.6 is 0 Å². The molecule has 15 nitrogen and oxygen atoms in total. The number of aromatic carboxylic acids is 2. The Morgan fingerprint density at radius 3 is 1.70 bits per heavy atom. The number of nitrogen functional groups attached to an aromatic ring is 1. The van der Waals surface area contributed by atoms with Crippen molar-refractivity contribution >= 4 is 29.5 Å². The summed E-state index contributed by atoms with van der Waals surface area (Å²) in [4.78, 5) is 42.7. The van der Waals surface area contributed by atoms with E-state index >= 15 is 0 Å². The van der Waals surface area contributed by atoms with Crippen LogP contribution in [-0.4, -0.2) is 68.0 Å². The number of carbonyl (C=O) groups is 3. The number of pyridine rings is 2. The van der Waals surface area contributed by atoms with Crippen molar-refractivity contribution in [1.82, 2.24) is 40.0 Å². The topological polar surface area (TPSA) is 217 Å². The van der Waals surface area contributed by atoms with Gasteiger partial charge >= 0.3 is 11.9 Å². The molecule has 4 aromatic heterocycles. The first-order valence-corrected chi connectivity index (χ1v) is 9.01. The maximum Gasteiger partial charge on any atom is 0.356 e. The van der Waals surface area contributed by atoms with Crippen molar-refractivity contribution in [2.45, 2.75) is 6.92 Å². The number of nitrogens with zero attached hydrogens (tertiary/aromatic N) is 8. The predicted molar refractivity (Wildman–Crippen MR) is 111 cm³/mol. The van der Waals surface area contributed by atoms with Gasteiger partial charge in [0.2, 0.25) is 5.91 Å². The monoisotopic (exact) mass is 452 g/mol. The standard InChI is InChI=1S/C10H9N5O3.C8H7N5O2/c1-6(16)13-8-3-2-7(9(14-8)10(17)18)15-11-4-5-12-15;9-6-2-1-5(7(12-6)8(14)15)13-10-3-4-11-13/h2-5H,1H3,(H,17,18)(H,13,14,16);1-4H,(H2,9,12)(H,14,15). The van der Waals surface area contributed by atoms with Crippen molar-refractivity contribution in [2.24, 2.45) is 0 Å². The number of nitrogens with one attached hydrogen (secondary N) is 1. The van der Waals surface area contributed by atoms with Gasteiger partial charge in [0, 0.05) is 6.92 Å². The molecule has 0 atom stereocenters. The van der Waals surface area contributed by atoms with Gasteiger partial charge in [-0.2, -0.15) is 20.4 Å². The molecular weight excluding hydrogens is 436 g/mol. The lowest BCUT2D eigenvalue weighted by molar-refractivity contribution is -0.114. The Bertz CT molecular complexity index is 1290. The molecule has 0 aromatic carbocycles. The fourth-order valence-electron chi connectivity index (χ4n) is 2.49. The molecule has 4 heterocycles. The van der Waals surface area contributed by atoms with Crippen LogP contribution in [0.3, 0.4) is 0 Å². The number of carboxylic acid groups (broad SMARTS) is 2. The molecule has 0 unspecified atom stereocenters. The van der Waals surface area contributed by atoms with E-state index in [1.54, 1.807) is 0 Å². The van der Waals surface area contributed by atoms with Crippen molar-refractivity contribution in [2.75, 3.05) is 11.1 Å². The molecule has 0 aliphatic heterocycles. The highest BCUT2D eigenvalue weighted by atomic mass is 16.4. The van der Waals surface area contributed by atoms with Crippen LogP contribution in [0.4, 0.5) is 11.6 Å². The minimum absolute atomic E-state index is 0.142. The number of carboxylic acids is 2. The first kappa shape index (κ1) is 22.5. The first-order chi connectivity index (χ1) is 15.8. The van der Waals surface area contributed by atoms with E-state index in [4.69, 9.17) is 15.9 Å². The van der Waals surface area contributed by atoms with Gasteiger partial charge in [-0.1, -0.05) is 0 Å². The van der Waals surface area contributed by atoms with Crippen molar-refractivity contribution < 1.29 is 24.6 Å². The lowest BCUT2D eigenvalue weighted by Crippen LogP contribution is -2.14. The number of nitrogens with two attached hydrogens (primary N) is 1. The highest BCUT2D eigenvalue weighted by Gasteiger charge is 2.16. The van der Waals surface area contributed by atoms with Gasteiger partial charge in [0.1, 0.15) is 23.0 Å². The second kappa shape index (κ2) is 9.73. The van der Waals surface area contributed by atoms with Gasteiger partial charge in [0.25, 0.3) is 0 Å². The van der Waals surface area contributed by atoms with E-state index in [1.165, 1.54) is 60.8 Å². The number of hydrogen-bond acceptors (Lipinski definition) is 10. The first-order valence-electron chi connectivity index (χ1n) is 9.01. The molecule has 0 spiro atoms. The van der Waals surface area contributed by atoms with Gasteiger partial charge in [-0.05, 0) is 24.3 Å². The van der Waals surface area contributed by atoms with Crippen molar-refractivity contribution in [3.8, 4) is 11.4 Å². The summed E-state index contributed by atoms with van der Waals surface area (Å²) in [7, 11) is 0. The Morgan fingerprint density at radius 2 is 1.24 bits per heavy atom. The lowest BCUT2D eigenvalue weighted by atomic mass is 10.3. The number of hydrogen-bond donors (Lipinski definition) is 4. The van der Waals surface area contributed by atoms with E-state index in [9.17, 15) is 14.4 Å². The summed E-state index contributed by atoms with van der Waals surface area (Å²) in [5.41, 5.74) is 5.48. The van der Waals surface area contributed by atoms with Crippen LogP contribution in [0.5, 0.6) is 0 Å². The fourth-order valence-corrected chi connectivity index (χ4v) is 2.49. The maximum atomic E-state index is 11.1. The van der Waals surface area contributed by atoms with E-state index in [0.29, 0.717) is 0 Å². The minimum atomic E-state index is -1.23. The third kappa shape index (κ3) is 5.48. The molecule has 0 fully saturated rings. The van der Waals surface area contributed by atoms with Gasteiger partial charge in [-0.3, -0.25) is 4.79 Å². The molecule has 0 bridgehead atoms. The van der Waals surface area contributed by atoms with Crippen LogP contribution in [0, 0.1) is 0 Å². The average Bonchev–Trinajstić information content (AvgIpc) is 3.48. The Kier molecular flexibility index (Phi) is 6.63. The average molecular weight is 452 g/mol. The molecule has 168 valence electrons. The van der Waals surface area contributed by atoms with Crippen LogP contribution in [0.2, 0.25) is 0 Å². The van der Waals surface area contributed by atoms with Crippen molar-refractivity contribution in [1.29, 1.82) is 0 Å². The normalized spacial score (nSPS) is 10.1. The zero-order chi connectivity index (χ0) is 24.0. The van der Waals surface area contributed by atoms with E-state index in [-0.39, 0.29) is 40.3 Å². The summed E-state index contributed by atoms with van der Waals surface area (Å²) < 4.78 is 0. The molecule has 0 radical (unpaired) electrons. The number of amides is 1. The molecule has 0 saturated carbocycles. The SMILES string of the molecule is CC(=O)Nc1ccc(-n2nccn2)c(C(=O)O)n1.Nc1ccc(-n2nccn2)c(C(=O)O)n1. The van der Waals surface area contributed by atoms with Crippen molar-refractivity contribution in [3.63, 3.8) is 0 Å². The molecule has 4 rings (SSSR count). The molecule has 4 aromatic rings. The number of carbonyl (C=O) groups excluding carboxylic acids is 1. The minimum Gasteiger partial charge on any atom is -0.476 e. The highest BCUT2D eigenvalue weighted by Crippen LogP contribution is 2.15. The van der Waals surface area contributed by atoms with E-state index in [0.717, 1.165) is 4.80 Å². The third-order valence-electron chi connectivity index (χ3n) is 3.75. The zero-order valence-electron chi connectivity index (χ0n) is 16.9. The summed E-state index contributed by atoms with van der Waals surface area (Å²) >= 11 is 0. The molecular formula is C18H16N10O5. The second-order valence-electron chi connectivity index (χ2n) is 6.10. The van der Waals surface area contributed by atoms with E-state index in [2.05, 4.69) is 35.7 Å². The van der Waals surface area contributed by atoms with Gasteiger partial charge in [-0.15, -0.1) is 9.59 Å². The Hall–Kier alpha value is -5.21. The second-order valence-corrected chi connectivity index (χ2v) is 6.10. The molecule has 0 aliphatic carbocycles. The van der Waals surface area contributed by atoms with Gasteiger partial charge in [0.05, 0.1) is 24.8 Å². The summed E-state index contributed by atoms with van der Waals surface area (Å²) in [6, 6.07) is 5.95. The molecule has 15 heteroatoms. The molecule has 0 saturated heterocycles. The van der Waals surface area contributed by atoms with Crippen LogP contribution < -0.4 is 11.1 Å². The summed E-state index contributed by atoms with van der Waals surface area (Å²) in [6.45, 7) is 1.31. The Balaban J connectivity index is 0.000000189. The highest BCUT2D eigenvalue weighted by molar-refractivity contribution is 5.92. The fraction of sp³-hybridized carbons (Fsp3) is 0.0556. The largest absolute Gasteiger partial charge is 0.476 e. The zero-order valence-corrected chi connectivity index (χ0v) is 16.9. The predicted octanol–water partition coefficient (Wildman–Crippen LogP) is 0.262. The number of aromatic nitrogens is 8. The smallest absolute Gasteiger partial charge is 0.356 e. The number of anilines is 2. The summed E-state index contributed by atoms with van der Waals surface area (Å²) in [6.07, 6.45) is 5.74. The quantitative estimate of drug-likeness (QED) is 0.320. The summed E-state index contributed by atoms with van der Waals surface area (Å²) in [5.74, 6) is -2.42. The maximum absolute atomic E-state index is 11.1. The van der Waals surface area contributed by atoms with Crippen LogP contribution in [0.25, 0.3) is 11.4 Å². The van der Waals surface area contributed by atoms with Crippen LogP contribution in [-0.2, 0) is 4.79 Å². The third-order valence-corrected chi connectivity index (χ3v) is 3.75. The lowest BCUT2D eigenvalue weighted by Gasteiger charge is -2.06. The van der Waals surface area contributed by atoms with Crippen molar-refractivity contribution in [3.05, 3.63) is 60.4 Å². The van der Waals surface area contributed by atoms with Gasteiger partial charge in [0.15, 0.2) is 11.4 Å². The van der Waals surface area contributed by atoms with Gasteiger partial charge in [-0.25, -0.2) is 19.6 Å². The van der Waals surface area contributed by atoms with E-state index in [1.807, 2.05) is 0 Å². The van der Waals surface area contributed by atoms with Gasteiger partial charge < -0.3 is 21.3 Å². The molecule has 0 aliphatic rings.